The van der Waals surface area contributed by atoms with Crippen molar-refractivity contribution in [2.24, 2.45) is 46.8 Å². The van der Waals surface area contributed by atoms with Crippen LogP contribution in [-0.2, 0) is 4.79 Å². The first kappa shape index (κ1) is 20.5. The first-order valence-corrected chi connectivity index (χ1v) is 12.7. The standard InChI is InChI=1S/C26H43NO2/c1-17-10-13-27(15-17)16-24(28)23-7-6-22-21-5-4-18-14-25(2,29)11-8-19(18)20(21)9-12-26(22,23)3/h17-23,29H,4-16H2,1-3H3/t17-,18-,19+,20-,21-,22+,23-,25-,26+/m1/s1. The quantitative estimate of drug-likeness (QED) is 0.730. The van der Waals surface area contributed by atoms with E-state index in [1.54, 1.807) is 0 Å². The van der Waals surface area contributed by atoms with Crippen LogP contribution in [0.25, 0.3) is 0 Å². The Kier molecular flexibility index (Phi) is 5.18. The van der Waals surface area contributed by atoms with Crippen molar-refractivity contribution < 1.29 is 9.90 Å². The Hall–Kier alpha value is -0.410. The molecule has 4 aliphatic carbocycles. The molecule has 0 unspecified atom stereocenters. The lowest BCUT2D eigenvalue weighted by Gasteiger charge is -2.56. The molecule has 1 N–H and O–H groups in total. The second kappa shape index (κ2) is 7.33. The molecule has 3 heteroatoms. The van der Waals surface area contributed by atoms with Gasteiger partial charge in [0.1, 0.15) is 5.78 Å². The van der Waals surface area contributed by atoms with Crippen molar-refractivity contribution in [2.75, 3.05) is 19.6 Å². The Morgan fingerprint density at radius 1 is 0.966 bits per heavy atom. The van der Waals surface area contributed by atoms with Gasteiger partial charge in [0.2, 0.25) is 0 Å². The van der Waals surface area contributed by atoms with Crippen LogP contribution in [0.3, 0.4) is 0 Å². The van der Waals surface area contributed by atoms with Crippen LogP contribution in [0.15, 0.2) is 0 Å². The summed E-state index contributed by atoms with van der Waals surface area (Å²) >= 11 is 0. The van der Waals surface area contributed by atoms with Gasteiger partial charge in [-0.25, -0.2) is 0 Å². The van der Waals surface area contributed by atoms with Gasteiger partial charge in [-0.1, -0.05) is 13.8 Å². The largest absolute Gasteiger partial charge is 0.390 e. The molecule has 9 atom stereocenters. The molecule has 1 saturated heterocycles. The molecule has 3 nitrogen and oxygen atoms in total. The van der Waals surface area contributed by atoms with E-state index in [4.69, 9.17) is 0 Å². The molecule has 0 aromatic heterocycles. The summed E-state index contributed by atoms with van der Waals surface area (Å²) in [7, 11) is 0. The Morgan fingerprint density at radius 3 is 2.52 bits per heavy atom. The number of hydrogen-bond acceptors (Lipinski definition) is 3. The van der Waals surface area contributed by atoms with Gasteiger partial charge < -0.3 is 5.11 Å². The van der Waals surface area contributed by atoms with Crippen molar-refractivity contribution in [2.45, 2.75) is 90.6 Å². The zero-order valence-electron chi connectivity index (χ0n) is 19.0. The van der Waals surface area contributed by atoms with E-state index in [0.717, 1.165) is 67.9 Å². The van der Waals surface area contributed by atoms with Crippen molar-refractivity contribution >= 4 is 5.78 Å². The fourth-order valence-electron chi connectivity index (χ4n) is 9.11. The first-order chi connectivity index (χ1) is 13.8. The van der Waals surface area contributed by atoms with Crippen LogP contribution in [0.2, 0.25) is 0 Å². The number of nitrogens with zero attached hydrogens (tertiary/aromatic N) is 1. The van der Waals surface area contributed by atoms with Gasteiger partial charge in [-0.15, -0.1) is 0 Å². The summed E-state index contributed by atoms with van der Waals surface area (Å²) in [5.41, 5.74) is -0.161. The molecule has 5 fully saturated rings. The highest BCUT2D eigenvalue weighted by Crippen LogP contribution is 2.64. The molecule has 5 rings (SSSR count). The lowest BCUT2D eigenvalue weighted by molar-refractivity contribution is -0.133. The number of hydrogen-bond donors (Lipinski definition) is 1. The molecule has 1 aliphatic heterocycles. The van der Waals surface area contributed by atoms with Crippen LogP contribution in [0, 0.1) is 46.8 Å². The maximum atomic E-state index is 13.4. The molecule has 0 aromatic rings. The minimum atomic E-state index is -0.422. The molecule has 0 aromatic carbocycles. The lowest BCUT2D eigenvalue weighted by Crippen LogP contribution is -2.51. The van der Waals surface area contributed by atoms with Crippen LogP contribution >= 0.6 is 0 Å². The molecule has 1 heterocycles. The normalized spacial score (nSPS) is 52.6. The molecule has 29 heavy (non-hydrogen) atoms. The second-order valence-electron chi connectivity index (χ2n) is 12.4. The highest BCUT2D eigenvalue weighted by molar-refractivity contribution is 5.84. The molecule has 0 bridgehead atoms. The van der Waals surface area contributed by atoms with E-state index in [1.807, 2.05) is 0 Å². The number of likely N-dealkylation sites (tertiary alicyclic amines) is 1. The van der Waals surface area contributed by atoms with E-state index < -0.39 is 5.60 Å². The van der Waals surface area contributed by atoms with E-state index in [0.29, 0.717) is 18.2 Å². The Labute approximate surface area is 178 Å². The van der Waals surface area contributed by atoms with Gasteiger partial charge in [0.05, 0.1) is 12.1 Å². The molecule has 164 valence electrons. The van der Waals surface area contributed by atoms with Gasteiger partial charge in [-0.05, 0) is 119 Å². The van der Waals surface area contributed by atoms with Crippen molar-refractivity contribution in [3.63, 3.8) is 0 Å². The molecule has 0 radical (unpaired) electrons. The van der Waals surface area contributed by atoms with Crippen LogP contribution in [0.4, 0.5) is 0 Å². The lowest BCUT2D eigenvalue weighted by atomic mass is 9.49. The average Bonchev–Trinajstić information content (AvgIpc) is 3.22. The van der Waals surface area contributed by atoms with E-state index in [9.17, 15) is 9.90 Å². The van der Waals surface area contributed by atoms with Crippen molar-refractivity contribution in [3.05, 3.63) is 0 Å². The molecule has 5 aliphatic rings. The number of aliphatic hydroxyl groups is 1. The van der Waals surface area contributed by atoms with Gasteiger partial charge in [0.15, 0.2) is 0 Å². The highest BCUT2D eigenvalue weighted by atomic mass is 16.3. The third-order valence-corrected chi connectivity index (χ3v) is 10.5. The predicted octanol–water partition coefficient (Wildman–Crippen LogP) is 4.92. The topological polar surface area (TPSA) is 40.5 Å². The summed E-state index contributed by atoms with van der Waals surface area (Å²) in [5.74, 6) is 5.73. The van der Waals surface area contributed by atoms with Gasteiger partial charge in [-0.3, -0.25) is 9.69 Å². The van der Waals surface area contributed by atoms with Crippen LogP contribution in [-0.4, -0.2) is 41.0 Å². The summed E-state index contributed by atoms with van der Waals surface area (Å²) in [6.07, 6.45) is 12.2. The molecular weight excluding hydrogens is 358 g/mol. The molecule has 0 spiro atoms. The summed E-state index contributed by atoms with van der Waals surface area (Å²) in [4.78, 5) is 15.8. The number of carbonyl (C=O) groups excluding carboxylic acids is 1. The van der Waals surface area contributed by atoms with Crippen LogP contribution in [0.1, 0.15) is 85.0 Å². The van der Waals surface area contributed by atoms with Crippen molar-refractivity contribution in [3.8, 4) is 0 Å². The van der Waals surface area contributed by atoms with Gasteiger partial charge in [0.25, 0.3) is 0 Å². The maximum Gasteiger partial charge on any atom is 0.150 e. The Balaban J connectivity index is 1.28. The molecular formula is C26H43NO2. The molecule has 4 saturated carbocycles. The van der Waals surface area contributed by atoms with Gasteiger partial charge >= 0.3 is 0 Å². The number of rotatable bonds is 3. The second-order valence-corrected chi connectivity index (χ2v) is 12.4. The summed E-state index contributed by atoms with van der Waals surface area (Å²) in [6.45, 7) is 9.83. The highest BCUT2D eigenvalue weighted by Gasteiger charge is 2.58. The number of ketones is 1. The van der Waals surface area contributed by atoms with E-state index in [1.165, 1.54) is 44.9 Å². The third-order valence-electron chi connectivity index (χ3n) is 10.5. The predicted molar refractivity (Wildman–Crippen MR) is 116 cm³/mol. The summed E-state index contributed by atoms with van der Waals surface area (Å²) < 4.78 is 0. The molecule has 0 amide bonds. The van der Waals surface area contributed by atoms with E-state index in [-0.39, 0.29) is 5.41 Å². The minimum absolute atomic E-state index is 0.261. The van der Waals surface area contributed by atoms with Gasteiger partial charge in [0, 0.05) is 12.5 Å². The first-order valence-electron chi connectivity index (χ1n) is 12.7. The summed E-state index contributed by atoms with van der Waals surface area (Å²) in [5, 5.41) is 10.6. The van der Waals surface area contributed by atoms with Crippen LogP contribution in [0.5, 0.6) is 0 Å². The SMILES string of the molecule is C[C@@H]1CCN(CC(=O)[C@H]2CC[C@H]3[C@@H]4CC[C@@H]5C[C@](C)(O)CC[C@@H]5[C@H]4CC[C@]23C)C1. The fraction of sp³-hybridized carbons (Fsp3) is 0.962. The Bertz CT molecular complexity index is 645. The zero-order chi connectivity index (χ0) is 20.4. The van der Waals surface area contributed by atoms with Crippen molar-refractivity contribution in [1.82, 2.24) is 4.90 Å². The Morgan fingerprint density at radius 2 is 1.76 bits per heavy atom. The third kappa shape index (κ3) is 3.53. The average molecular weight is 402 g/mol. The smallest absolute Gasteiger partial charge is 0.150 e. The number of fused-ring (bicyclic) bond motifs is 5. The van der Waals surface area contributed by atoms with E-state index >= 15 is 0 Å². The van der Waals surface area contributed by atoms with Gasteiger partial charge in [-0.2, -0.15) is 0 Å². The fourth-order valence-corrected chi connectivity index (χ4v) is 9.11. The van der Waals surface area contributed by atoms with E-state index in [2.05, 4.69) is 25.7 Å². The van der Waals surface area contributed by atoms with Crippen molar-refractivity contribution in [1.29, 1.82) is 0 Å². The zero-order valence-corrected chi connectivity index (χ0v) is 19.0. The maximum absolute atomic E-state index is 13.4. The summed E-state index contributed by atoms with van der Waals surface area (Å²) in [6, 6.07) is 0. The number of Topliss-reactive ketones (excluding diaryl/α,β-unsaturated/α-hetero) is 1. The van der Waals surface area contributed by atoms with Crippen LogP contribution < -0.4 is 0 Å². The monoisotopic (exact) mass is 401 g/mol. The minimum Gasteiger partial charge on any atom is -0.390 e. The number of carbonyl (C=O) groups is 1.